The van der Waals surface area contributed by atoms with Gasteiger partial charge < -0.3 is 9.13 Å². The van der Waals surface area contributed by atoms with Gasteiger partial charge in [0.05, 0.1) is 22.1 Å². The van der Waals surface area contributed by atoms with E-state index in [-0.39, 0.29) is 5.92 Å². The highest BCUT2D eigenvalue weighted by Gasteiger charge is 2.29. The Morgan fingerprint density at radius 3 is 1.23 bits per heavy atom. The first-order valence-electron chi connectivity index (χ1n) is 19.8. The number of rotatable bonds is 5. The number of aromatic nitrogens is 2. The summed E-state index contributed by atoms with van der Waals surface area (Å²) < 4.78 is 4.79. The number of fused-ring (bicyclic) bond motifs is 9. The molecule has 0 aliphatic heterocycles. The van der Waals surface area contributed by atoms with Crippen LogP contribution in [0.15, 0.2) is 212 Å². The minimum Gasteiger partial charge on any atom is -0.309 e. The molecule has 12 rings (SSSR count). The summed E-state index contributed by atoms with van der Waals surface area (Å²) in [6.45, 7) is 0. The van der Waals surface area contributed by atoms with Crippen molar-refractivity contribution in [2.24, 2.45) is 0 Å². The Labute approximate surface area is 331 Å². The third kappa shape index (κ3) is 4.91. The molecule has 2 aromatic heterocycles. The fraction of sp³-hybridized carbons (Fsp3) is 0.0182. The molecule has 0 radical (unpaired) electrons. The highest BCUT2D eigenvalue weighted by Crippen LogP contribution is 2.48. The van der Waals surface area contributed by atoms with Gasteiger partial charge in [-0.25, -0.2) is 0 Å². The number of nitrogens with zero attached hydrogens (tertiary/aromatic N) is 2. The van der Waals surface area contributed by atoms with Crippen molar-refractivity contribution in [1.29, 1.82) is 0 Å². The van der Waals surface area contributed by atoms with Gasteiger partial charge in [0.15, 0.2) is 0 Å². The molecule has 0 atom stereocenters. The van der Waals surface area contributed by atoms with Gasteiger partial charge in [-0.3, -0.25) is 0 Å². The molecule has 0 saturated carbocycles. The van der Waals surface area contributed by atoms with Crippen molar-refractivity contribution in [2.45, 2.75) is 5.92 Å². The van der Waals surface area contributed by atoms with Crippen molar-refractivity contribution in [1.82, 2.24) is 9.13 Å². The lowest BCUT2D eigenvalue weighted by Crippen LogP contribution is -1.99. The van der Waals surface area contributed by atoms with Crippen LogP contribution in [0.3, 0.4) is 0 Å². The molecule has 2 nitrogen and oxygen atoms in total. The summed E-state index contributed by atoms with van der Waals surface area (Å²) in [4.78, 5) is 0. The van der Waals surface area contributed by atoms with E-state index in [2.05, 4.69) is 221 Å². The zero-order valence-electron chi connectivity index (χ0n) is 31.2. The van der Waals surface area contributed by atoms with E-state index in [1.165, 1.54) is 99.4 Å². The molecule has 0 N–H and O–H groups in total. The largest absolute Gasteiger partial charge is 0.309 e. The maximum Gasteiger partial charge on any atom is 0.0541 e. The topological polar surface area (TPSA) is 9.86 Å². The predicted molar refractivity (Wildman–Crippen MR) is 239 cm³/mol. The number of hydrogen-bond donors (Lipinski definition) is 0. The van der Waals surface area contributed by atoms with Crippen molar-refractivity contribution in [2.75, 3.05) is 0 Å². The average Bonchev–Trinajstić information content (AvgIpc) is 3.92. The summed E-state index contributed by atoms with van der Waals surface area (Å²) >= 11 is 0. The Bertz CT molecular complexity index is 3280. The van der Waals surface area contributed by atoms with Crippen LogP contribution in [0.25, 0.3) is 88.4 Å². The summed E-state index contributed by atoms with van der Waals surface area (Å²) in [5.41, 5.74) is 18.9. The Hall–Kier alpha value is -7.42. The molecule has 0 amide bonds. The minimum absolute atomic E-state index is 0.258. The normalized spacial score (nSPS) is 12.5. The average molecular weight is 725 g/mol. The molecule has 2 heterocycles. The van der Waals surface area contributed by atoms with E-state index in [9.17, 15) is 0 Å². The zero-order valence-corrected chi connectivity index (χ0v) is 31.2. The second kappa shape index (κ2) is 12.6. The lowest BCUT2D eigenvalue weighted by Gasteiger charge is -2.15. The van der Waals surface area contributed by atoms with Crippen LogP contribution < -0.4 is 0 Å². The molecule has 0 spiro atoms. The maximum absolute atomic E-state index is 2.41. The maximum atomic E-state index is 2.41. The van der Waals surface area contributed by atoms with Gasteiger partial charge in [0.1, 0.15) is 0 Å². The Morgan fingerprint density at radius 1 is 0.281 bits per heavy atom. The number of benzene rings is 9. The molecule has 2 heteroatoms. The highest BCUT2D eigenvalue weighted by molar-refractivity contribution is 6.12. The van der Waals surface area contributed by atoms with E-state index in [0.717, 1.165) is 5.69 Å². The Balaban J connectivity index is 0.902. The zero-order chi connectivity index (χ0) is 37.5. The molecule has 9 aromatic carbocycles. The van der Waals surface area contributed by atoms with Gasteiger partial charge in [0.2, 0.25) is 0 Å². The third-order valence-corrected chi connectivity index (χ3v) is 12.2. The second-order valence-electron chi connectivity index (χ2n) is 15.3. The first-order valence-corrected chi connectivity index (χ1v) is 19.8. The molecule has 1 aliphatic rings. The molecule has 57 heavy (non-hydrogen) atoms. The Morgan fingerprint density at radius 2 is 0.684 bits per heavy atom. The smallest absolute Gasteiger partial charge is 0.0541 e. The molecule has 1 aliphatic carbocycles. The Kier molecular flexibility index (Phi) is 7.02. The van der Waals surface area contributed by atoms with Crippen LogP contribution in [0, 0.1) is 0 Å². The van der Waals surface area contributed by atoms with Gasteiger partial charge in [-0.2, -0.15) is 0 Å². The first-order chi connectivity index (χ1) is 28.3. The van der Waals surface area contributed by atoms with Gasteiger partial charge >= 0.3 is 0 Å². The summed E-state index contributed by atoms with van der Waals surface area (Å²) in [6.07, 6.45) is 0. The summed E-state index contributed by atoms with van der Waals surface area (Å²) in [5, 5.41) is 5.04. The SMILES string of the molecule is c1ccc(-n2c3ccccc3c3cc(-c4ccc5c(c4)c4ccccc4n5-c4ccc(-c5ccc(C6c7ccccc7-c7ccccc76)cc5)cc4)ccc32)cc1. The summed E-state index contributed by atoms with van der Waals surface area (Å²) in [7, 11) is 0. The van der Waals surface area contributed by atoms with E-state index in [4.69, 9.17) is 0 Å². The van der Waals surface area contributed by atoms with Crippen LogP contribution in [0.5, 0.6) is 0 Å². The van der Waals surface area contributed by atoms with E-state index in [0.29, 0.717) is 0 Å². The van der Waals surface area contributed by atoms with Crippen LogP contribution >= 0.6 is 0 Å². The molecule has 266 valence electrons. The molecule has 11 aromatic rings. The summed E-state index contributed by atoms with van der Waals surface area (Å²) in [5.74, 6) is 0.258. The minimum atomic E-state index is 0.258. The van der Waals surface area contributed by atoms with Crippen molar-refractivity contribution >= 4 is 43.6 Å². The molecule has 0 unspecified atom stereocenters. The van der Waals surface area contributed by atoms with Crippen molar-refractivity contribution in [3.8, 4) is 44.8 Å². The van der Waals surface area contributed by atoms with Gasteiger partial charge in [0.25, 0.3) is 0 Å². The van der Waals surface area contributed by atoms with Crippen LogP contribution in [-0.2, 0) is 0 Å². The molecule has 0 saturated heterocycles. The van der Waals surface area contributed by atoms with Crippen LogP contribution in [0.2, 0.25) is 0 Å². The van der Waals surface area contributed by atoms with Gasteiger partial charge in [-0.1, -0.05) is 152 Å². The molecule has 0 bridgehead atoms. The van der Waals surface area contributed by atoms with Gasteiger partial charge in [-0.05, 0) is 111 Å². The van der Waals surface area contributed by atoms with E-state index >= 15 is 0 Å². The van der Waals surface area contributed by atoms with E-state index < -0.39 is 0 Å². The standard InChI is InChI=1S/C55H36N2/c1-2-12-41(13-3-1)56-51-20-10-8-16-45(51)49-34-39(28-32-53(49)56)40-29-33-54-50(35-40)46-17-9-11-21-52(46)57(54)42-30-26-37(27-31-42)36-22-24-38(25-23-36)55-47-18-6-4-14-43(47)44-15-5-7-19-48(44)55/h1-35,55H. The fourth-order valence-electron chi connectivity index (χ4n) is 9.62. The lowest BCUT2D eigenvalue weighted by molar-refractivity contribution is 1.02. The van der Waals surface area contributed by atoms with E-state index in [1.54, 1.807) is 0 Å². The van der Waals surface area contributed by atoms with Gasteiger partial charge in [0, 0.05) is 38.8 Å². The van der Waals surface area contributed by atoms with Crippen molar-refractivity contribution in [3.05, 3.63) is 229 Å². The second-order valence-corrected chi connectivity index (χ2v) is 15.3. The van der Waals surface area contributed by atoms with Crippen LogP contribution in [0.1, 0.15) is 22.6 Å². The van der Waals surface area contributed by atoms with Gasteiger partial charge in [-0.15, -0.1) is 0 Å². The summed E-state index contributed by atoms with van der Waals surface area (Å²) in [6, 6.07) is 78.1. The molecule has 0 fully saturated rings. The number of para-hydroxylation sites is 3. The van der Waals surface area contributed by atoms with Crippen molar-refractivity contribution in [3.63, 3.8) is 0 Å². The molecular weight excluding hydrogens is 689 g/mol. The third-order valence-electron chi connectivity index (χ3n) is 12.2. The fourth-order valence-corrected chi connectivity index (χ4v) is 9.62. The monoisotopic (exact) mass is 724 g/mol. The van der Waals surface area contributed by atoms with Crippen LogP contribution in [-0.4, -0.2) is 9.13 Å². The van der Waals surface area contributed by atoms with Crippen LogP contribution in [0.4, 0.5) is 0 Å². The number of hydrogen-bond acceptors (Lipinski definition) is 0. The van der Waals surface area contributed by atoms with Crippen molar-refractivity contribution < 1.29 is 0 Å². The van der Waals surface area contributed by atoms with E-state index in [1.807, 2.05) is 0 Å². The molecular formula is C55H36N2. The lowest BCUT2D eigenvalue weighted by atomic mass is 9.88. The predicted octanol–water partition coefficient (Wildman–Crippen LogP) is 14.4. The quantitative estimate of drug-likeness (QED) is 0.167. The first kappa shape index (κ1) is 31.9. The highest BCUT2D eigenvalue weighted by atomic mass is 15.0.